The molecule has 1 unspecified atom stereocenters. The van der Waals surface area contributed by atoms with Crippen molar-refractivity contribution in [1.82, 2.24) is 4.90 Å². The molecule has 4 nitrogen and oxygen atoms in total. The van der Waals surface area contributed by atoms with Crippen LogP contribution in [0.2, 0.25) is 0 Å². The summed E-state index contributed by atoms with van der Waals surface area (Å²) in [6, 6.07) is 15.4. The molecule has 3 rings (SSSR count). The number of hydrogen-bond donors (Lipinski definition) is 1. The molecule has 0 amide bonds. The molecule has 0 spiro atoms. The van der Waals surface area contributed by atoms with Gasteiger partial charge in [0.1, 0.15) is 11.5 Å². The van der Waals surface area contributed by atoms with E-state index in [-0.39, 0.29) is 13.0 Å². The van der Waals surface area contributed by atoms with E-state index >= 15 is 0 Å². The lowest BCUT2D eigenvalue weighted by Crippen LogP contribution is -2.36. The number of carbonyl (C=O) groups is 1. The summed E-state index contributed by atoms with van der Waals surface area (Å²) in [5, 5.41) is 8.97. The van der Waals surface area contributed by atoms with Crippen molar-refractivity contribution in [1.29, 1.82) is 0 Å². The van der Waals surface area contributed by atoms with Crippen LogP contribution in [-0.2, 0) is 11.3 Å². The maximum atomic E-state index is 14.1. The Hall–Kier alpha value is -2.40. The lowest BCUT2D eigenvalue weighted by molar-refractivity contribution is -0.149. The summed E-state index contributed by atoms with van der Waals surface area (Å²) >= 11 is 0. The average Bonchev–Trinajstić information content (AvgIpc) is 2.90. The summed E-state index contributed by atoms with van der Waals surface area (Å²) in [5.74, 6) is 0.102. The predicted octanol–water partition coefficient (Wildman–Crippen LogP) is 3.79. The van der Waals surface area contributed by atoms with Crippen LogP contribution in [-0.4, -0.2) is 34.7 Å². The highest BCUT2D eigenvalue weighted by Crippen LogP contribution is 2.28. The summed E-state index contributed by atoms with van der Waals surface area (Å²) < 4.78 is 20.0. The third-order valence-electron chi connectivity index (χ3n) is 4.21. The van der Waals surface area contributed by atoms with Gasteiger partial charge in [0.15, 0.2) is 0 Å². The lowest BCUT2D eigenvalue weighted by atomic mass is 10.1. The first-order valence-electron chi connectivity index (χ1n) is 7.93. The number of nitrogens with zero attached hydrogens (tertiary/aromatic N) is 1. The van der Waals surface area contributed by atoms with Crippen molar-refractivity contribution in [3.63, 3.8) is 0 Å². The van der Waals surface area contributed by atoms with Crippen LogP contribution in [0.25, 0.3) is 0 Å². The number of rotatable bonds is 5. The van der Waals surface area contributed by atoms with Gasteiger partial charge in [0.2, 0.25) is 5.67 Å². The van der Waals surface area contributed by atoms with Gasteiger partial charge in [0.25, 0.3) is 0 Å². The second-order valence-electron chi connectivity index (χ2n) is 6.30. The van der Waals surface area contributed by atoms with Gasteiger partial charge in [-0.05, 0) is 42.3 Å². The fourth-order valence-corrected chi connectivity index (χ4v) is 2.94. The normalized spacial score (nSPS) is 20.9. The average molecular weight is 329 g/mol. The number of carboxylic acid groups (broad SMARTS) is 1. The van der Waals surface area contributed by atoms with Crippen molar-refractivity contribution in [2.24, 2.45) is 0 Å². The molecule has 1 heterocycles. The van der Waals surface area contributed by atoms with Crippen LogP contribution < -0.4 is 4.74 Å². The summed E-state index contributed by atoms with van der Waals surface area (Å²) in [7, 11) is 0. The molecule has 126 valence electrons. The van der Waals surface area contributed by atoms with Crippen LogP contribution in [0.3, 0.4) is 0 Å². The lowest BCUT2D eigenvalue weighted by Gasteiger charge is -2.17. The highest BCUT2D eigenvalue weighted by Gasteiger charge is 2.45. The number of ether oxygens (including phenoxy) is 1. The minimum Gasteiger partial charge on any atom is -0.479 e. The molecule has 1 saturated heterocycles. The molecule has 1 aliphatic rings. The number of aliphatic carboxylic acids is 1. The van der Waals surface area contributed by atoms with Crippen molar-refractivity contribution in [2.75, 3.05) is 13.1 Å². The molecular formula is C19H20FNO3. The van der Waals surface area contributed by atoms with Gasteiger partial charge in [0, 0.05) is 26.1 Å². The molecule has 1 aliphatic heterocycles. The number of hydrogen-bond acceptors (Lipinski definition) is 3. The van der Waals surface area contributed by atoms with Gasteiger partial charge in [-0.15, -0.1) is 0 Å². The van der Waals surface area contributed by atoms with Gasteiger partial charge in [-0.2, -0.15) is 0 Å². The van der Waals surface area contributed by atoms with Crippen molar-refractivity contribution < 1.29 is 19.0 Å². The Morgan fingerprint density at radius 2 is 1.96 bits per heavy atom. The predicted molar refractivity (Wildman–Crippen MR) is 89.1 cm³/mol. The number of carboxylic acids is 1. The fraction of sp³-hybridized carbons (Fsp3) is 0.316. The third-order valence-corrected chi connectivity index (χ3v) is 4.21. The number of alkyl halides is 1. The van der Waals surface area contributed by atoms with Crippen LogP contribution in [0.4, 0.5) is 4.39 Å². The van der Waals surface area contributed by atoms with E-state index in [0.717, 1.165) is 16.9 Å². The number of likely N-dealkylation sites (tertiary alicyclic amines) is 1. The molecule has 1 N–H and O–H groups in total. The maximum Gasteiger partial charge on any atom is 0.342 e. The van der Waals surface area contributed by atoms with E-state index in [4.69, 9.17) is 9.84 Å². The summed E-state index contributed by atoms with van der Waals surface area (Å²) in [4.78, 5) is 12.8. The number of aryl methyl sites for hydroxylation is 1. The minimum atomic E-state index is -2.13. The van der Waals surface area contributed by atoms with E-state index in [1.54, 1.807) is 0 Å². The van der Waals surface area contributed by atoms with Gasteiger partial charge in [0.05, 0.1) is 0 Å². The first kappa shape index (κ1) is 16.5. The van der Waals surface area contributed by atoms with E-state index in [9.17, 15) is 9.18 Å². The summed E-state index contributed by atoms with van der Waals surface area (Å²) in [6.07, 6.45) is 0.0296. The highest BCUT2D eigenvalue weighted by atomic mass is 19.1. The first-order chi connectivity index (χ1) is 11.4. The zero-order chi connectivity index (χ0) is 17.2. The molecule has 1 fully saturated rings. The van der Waals surface area contributed by atoms with Gasteiger partial charge in [-0.1, -0.05) is 24.3 Å². The minimum absolute atomic E-state index is 0.0296. The monoisotopic (exact) mass is 329 g/mol. The third kappa shape index (κ3) is 3.74. The Balaban J connectivity index is 1.67. The van der Waals surface area contributed by atoms with Crippen LogP contribution in [0.1, 0.15) is 17.5 Å². The van der Waals surface area contributed by atoms with Crippen LogP contribution in [0.5, 0.6) is 11.5 Å². The van der Waals surface area contributed by atoms with Crippen molar-refractivity contribution in [2.45, 2.75) is 25.6 Å². The molecule has 0 bridgehead atoms. The van der Waals surface area contributed by atoms with Crippen molar-refractivity contribution in [3.05, 3.63) is 59.7 Å². The highest BCUT2D eigenvalue weighted by molar-refractivity contribution is 5.78. The van der Waals surface area contributed by atoms with E-state index < -0.39 is 11.6 Å². The molecule has 2 aromatic carbocycles. The Labute approximate surface area is 140 Å². The summed E-state index contributed by atoms with van der Waals surface area (Å²) in [6.45, 7) is 2.86. The van der Waals surface area contributed by atoms with Gasteiger partial charge < -0.3 is 9.84 Å². The molecular weight excluding hydrogens is 309 g/mol. The first-order valence-corrected chi connectivity index (χ1v) is 7.93. The Bertz CT molecular complexity index is 749. The molecule has 24 heavy (non-hydrogen) atoms. The van der Waals surface area contributed by atoms with E-state index in [0.29, 0.717) is 18.8 Å². The molecule has 1 atom stereocenters. The molecule has 2 aromatic rings. The Morgan fingerprint density at radius 3 is 2.62 bits per heavy atom. The van der Waals surface area contributed by atoms with E-state index in [1.807, 2.05) is 60.4 Å². The smallest absolute Gasteiger partial charge is 0.342 e. The quantitative estimate of drug-likeness (QED) is 0.907. The zero-order valence-corrected chi connectivity index (χ0v) is 13.5. The van der Waals surface area contributed by atoms with Crippen LogP contribution in [0.15, 0.2) is 48.5 Å². The molecule has 0 aliphatic carbocycles. The van der Waals surface area contributed by atoms with E-state index in [1.165, 1.54) is 0 Å². The topological polar surface area (TPSA) is 49.8 Å². The molecule has 0 aromatic heterocycles. The second-order valence-corrected chi connectivity index (χ2v) is 6.30. The van der Waals surface area contributed by atoms with Crippen molar-refractivity contribution in [3.8, 4) is 11.5 Å². The Kier molecular flexibility index (Phi) is 4.53. The summed E-state index contributed by atoms with van der Waals surface area (Å²) in [5.41, 5.74) is -0.0427. The zero-order valence-electron chi connectivity index (χ0n) is 13.5. The second kappa shape index (κ2) is 6.61. The van der Waals surface area contributed by atoms with Crippen LogP contribution in [0, 0.1) is 6.92 Å². The maximum absolute atomic E-state index is 14.1. The molecule has 0 saturated carbocycles. The van der Waals surface area contributed by atoms with Gasteiger partial charge in [-0.25, -0.2) is 9.18 Å². The number of benzene rings is 2. The molecule has 5 heteroatoms. The fourth-order valence-electron chi connectivity index (χ4n) is 2.94. The van der Waals surface area contributed by atoms with Crippen molar-refractivity contribution >= 4 is 5.97 Å². The standard InChI is InChI=1S/C19H20FNO3/c1-14-4-2-6-16(10-14)24-17-7-3-5-15(11-17)12-21-9-8-19(20,13-21)18(22)23/h2-7,10-11H,8-9,12-13H2,1H3,(H,22,23). The molecule has 0 radical (unpaired) electrons. The number of halogens is 1. The largest absolute Gasteiger partial charge is 0.479 e. The van der Waals surface area contributed by atoms with E-state index in [2.05, 4.69) is 0 Å². The van der Waals surface area contributed by atoms with Gasteiger partial charge in [-0.3, -0.25) is 4.90 Å². The van der Waals surface area contributed by atoms with Crippen LogP contribution >= 0.6 is 0 Å². The SMILES string of the molecule is Cc1cccc(Oc2cccc(CN3CCC(F)(C(=O)O)C3)c2)c1. The Morgan fingerprint density at radius 1 is 1.25 bits per heavy atom. The van der Waals surface area contributed by atoms with Gasteiger partial charge >= 0.3 is 5.97 Å².